The minimum Gasteiger partial charge on any atom is -0.493 e. The monoisotopic (exact) mass is 344 g/mol. The van der Waals surface area contributed by atoms with Gasteiger partial charge < -0.3 is 9.67 Å². The summed E-state index contributed by atoms with van der Waals surface area (Å²) in [7, 11) is 0. The smallest absolute Gasteiger partial charge is 0.295 e. The van der Waals surface area contributed by atoms with E-state index in [9.17, 15) is 9.90 Å². The van der Waals surface area contributed by atoms with Crippen molar-refractivity contribution >= 4 is 22.5 Å². The van der Waals surface area contributed by atoms with E-state index in [1.54, 1.807) is 30.3 Å². The summed E-state index contributed by atoms with van der Waals surface area (Å²) in [6.07, 6.45) is -10.1. The van der Waals surface area contributed by atoms with Gasteiger partial charge in [-0.15, -0.1) is 10.2 Å². The molecular formula is C20H21N3O2. The SMILES string of the molecule is [2H]C([2H])([2H])C([2H])([2H])C([2H])([2H])C([2H])([2H])Cn1c(O)c(N=NC(=O)c2ccccc2)c2ccccc21. The maximum Gasteiger partial charge on any atom is 0.295 e. The first-order valence-electron chi connectivity index (χ1n) is 11.9. The van der Waals surface area contributed by atoms with Gasteiger partial charge in [0.25, 0.3) is 5.91 Å². The maximum absolute atomic E-state index is 12.3. The summed E-state index contributed by atoms with van der Waals surface area (Å²) in [5, 5.41) is 18.5. The van der Waals surface area contributed by atoms with Crippen LogP contribution < -0.4 is 0 Å². The summed E-state index contributed by atoms with van der Waals surface area (Å²) in [5.41, 5.74) is 0.288. The van der Waals surface area contributed by atoms with Gasteiger partial charge in [0.05, 0.1) is 5.52 Å². The van der Waals surface area contributed by atoms with E-state index >= 15 is 0 Å². The molecule has 0 radical (unpaired) electrons. The molecule has 0 saturated heterocycles. The number of carbonyl (C=O) groups is 1. The Hall–Kier alpha value is -2.95. The third-order valence-corrected chi connectivity index (χ3v) is 3.57. The second kappa shape index (κ2) is 7.75. The molecule has 5 heteroatoms. The van der Waals surface area contributed by atoms with Crippen molar-refractivity contribution in [2.45, 2.75) is 32.5 Å². The van der Waals surface area contributed by atoms with Crippen LogP contribution in [0.3, 0.4) is 0 Å². The molecule has 128 valence electrons. The van der Waals surface area contributed by atoms with Gasteiger partial charge >= 0.3 is 0 Å². The van der Waals surface area contributed by atoms with Crippen molar-refractivity contribution in [3.8, 4) is 5.88 Å². The topological polar surface area (TPSA) is 66.9 Å². The summed E-state index contributed by atoms with van der Waals surface area (Å²) >= 11 is 0. The number of para-hydroxylation sites is 1. The average molecular weight is 344 g/mol. The molecule has 0 aliphatic carbocycles. The van der Waals surface area contributed by atoms with Crippen molar-refractivity contribution < 1.29 is 22.2 Å². The van der Waals surface area contributed by atoms with Crippen LogP contribution in [-0.4, -0.2) is 15.6 Å². The van der Waals surface area contributed by atoms with Gasteiger partial charge in [0.1, 0.15) is 0 Å². The summed E-state index contributed by atoms with van der Waals surface area (Å²) < 4.78 is 71.0. The third-order valence-electron chi connectivity index (χ3n) is 3.57. The molecule has 0 spiro atoms. The number of aromatic hydroxyl groups is 1. The van der Waals surface area contributed by atoms with Gasteiger partial charge in [-0.1, -0.05) is 56.0 Å². The Morgan fingerprint density at radius 2 is 1.92 bits per heavy atom. The molecular weight excluding hydrogens is 314 g/mol. The number of aromatic nitrogens is 1. The molecule has 3 aromatic rings. The highest BCUT2D eigenvalue weighted by atomic mass is 16.3. The van der Waals surface area contributed by atoms with E-state index in [-0.39, 0.29) is 22.2 Å². The van der Waals surface area contributed by atoms with E-state index < -0.39 is 44.3 Å². The molecule has 0 unspecified atom stereocenters. The number of benzene rings is 2. The fraction of sp³-hybridized carbons (Fsp3) is 0.250. The van der Waals surface area contributed by atoms with Crippen molar-refractivity contribution in [3.63, 3.8) is 0 Å². The number of aryl methyl sites for hydroxylation is 1. The molecule has 0 fully saturated rings. The van der Waals surface area contributed by atoms with Crippen LogP contribution in [0.25, 0.3) is 10.9 Å². The molecule has 0 saturated carbocycles. The molecule has 2 aromatic carbocycles. The van der Waals surface area contributed by atoms with Crippen LogP contribution in [0.15, 0.2) is 64.8 Å². The van der Waals surface area contributed by atoms with Gasteiger partial charge in [0.2, 0.25) is 5.88 Å². The largest absolute Gasteiger partial charge is 0.493 e. The Kier molecular flexibility index (Phi) is 2.77. The van der Waals surface area contributed by atoms with Crippen molar-refractivity contribution in [1.82, 2.24) is 4.57 Å². The van der Waals surface area contributed by atoms with Gasteiger partial charge in [0, 0.05) is 29.8 Å². The predicted molar refractivity (Wildman–Crippen MR) is 98.4 cm³/mol. The summed E-state index contributed by atoms with van der Waals surface area (Å²) in [6, 6.07) is 14.2. The first-order chi connectivity index (χ1) is 15.6. The van der Waals surface area contributed by atoms with Gasteiger partial charge in [-0.05, 0) is 24.6 Å². The van der Waals surface area contributed by atoms with E-state index in [0.29, 0.717) is 0 Å². The van der Waals surface area contributed by atoms with Gasteiger partial charge in [0.15, 0.2) is 5.69 Å². The molecule has 0 aliphatic heterocycles. The Balaban J connectivity index is 2.05. The van der Waals surface area contributed by atoms with E-state index in [1.165, 1.54) is 24.3 Å². The highest BCUT2D eigenvalue weighted by Gasteiger charge is 2.16. The number of amides is 1. The van der Waals surface area contributed by atoms with Crippen molar-refractivity contribution in [2.75, 3.05) is 0 Å². The Morgan fingerprint density at radius 3 is 2.72 bits per heavy atom. The molecule has 1 amide bonds. The number of nitrogens with zero attached hydrogens (tertiary/aromatic N) is 3. The predicted octanol–water partition coefficient (Wildman–Crippen LogP) is 5.46. The Morgan fingerprint density at radius 1 is 1.16 bits per heavy atom. The van der Waals surface area contributed by atoms with E-state index in [0.717, 1.165) is 4.57 Å². The first kappa shape index (κ1) is 8.94. The van der Waals surface area contributed by atoms with Crippen LogP contribution in [0.2, 0.25) is 0 Å². The number of hydrogen-bond donors (Lipinski definition) is 1. The fourth-order valence-corrected chi connectivity index (χ4v) is 2.43. The molecule has 1 N–H and O–H groups in total. The van der Waals surface area contributed by atoms with E-state index in [1.807, 2.05) is 0 Å². The van der Waals surface area contributed by atoms with Gasteiger partial charge in [-0.2, -0.15) is 0 Å². The fourth-order valence-electron chi connectivity index (χ4n) is 2.43. The molecule has 3 rings (SSSR count). The lowest BCUT2D eigenvalue weighted by molar-refractivity contribution is 0.0995. The van der Waals surface area contributed by atoms with Crippen LogP contribution >= 0.6 is 0 Å². The van der Waals surface area contributed by atoms with Crippen molar-refractivity contribution in [2.24, 2.45) is 10.2 Å². The molecule has 0 aliphatic rings. The quantitative estimate of drug-likeness (QED) is 0.603. The van der Waals surface area contributed by atoms with E-state index in [4.69, 9.17) is 12.3 Å². The number of carbonyl (C=O) groups excluding carboxylic acids is 1. The highest BCUT2D eigenvalue weighted by molar-refractivity contribution is 5.97. The van der Waals surface area contributed by atoms with Crippen LogP contribution in [0.5, 0.6) is 5.88 Å². The second-order valence-corrected chi connectivity index (χ2v) is 5.07. The van der Waals surface area contributed by atoms with Crippen molar-refractivity contribution in [3.05, 3.63) is 60.2 Å². The van der Waals surface area contributed by atoms with Crippen LogP contribution in [-0.2, 0) is 6.54 Å². The lowest BCUT2D eigenvalue weighted by Gasteiger charge is -2.05. The zero-order valence-electron chi connectivity index (χ0n) is 22.1. The van der Waals surface area contributed by atoms with Gasteiger partial charge in [-0.3, -0.25) is 4.79 Å². The third kappa shape index (κ3) is 3.60. The van der Waals surface area contributed by atoms with Crippen LogP contribution in [0.4, 0.5) is 5.69 Å². The summed E-state index contributed by atoms with van der Waals surface area (Å²) in [5.74, 6) is -1.32. The van der Waals surface area contributed by atoms with E-state index in [2.05, 4.69) is 10.2 Å². The van der Waals surface area contributed by atoms with Crippen molar-refractivity contribution in [1.29, 1.82) is 0 Å². The normalized spacial score (nSPS) is 19.0. The zero-order valence-corrected chi connectivity index (χ0v) is 13.1. The molecule has 5 nitrogen and oxygen atoms in total. The highest BCUT2D eigenvalue weighted by Crippen LogP contribution is 2.39. The lowest BCUT2D eigenvalue weighted by atomic mass is 10.2. The molecule has 0 atom stereocenters. The van der Waals surface area contributed by atoms with Crippen LogP contribution in [0.1, 0.15) is 48.7 Å². The Labute approximate surface area is 159 Å². The molecule has 25 heavy (non-hydrogen) atoms. The number of rotatable bonds is 6. The minimum absolute atomic E-state index is 0.171. The second-order valence-electron chi connectivity index (χ2n) is 5.07. The number of azo groups is 1. The lowest BCUT2D eigenvalue weighted by Crippen LogP contribution is -1.96. The number of fused-ring (bicyclic) bond motifs is 1. The standard InChI is InChI=1S/C20H21N3O2/c1-2-3-9-14-23-17-13-8-7-12-16(17)18(20(23)25)21-22-19(24)15-10-5-4-6-11-15/h4-8,10-13,25H,2-3,9,14H2,1H3/i1D3,2D2,3D2,9D2. The van der Waals surface area contributed by atoms with Crippen LogP contribution in [0, 0.1) is 0 Å². The Bertz CT molecular complexity index is 1240. The zero-order chi connectivity index (χ0) is 25.5. The average Bonchev–Trinajstić information content (AvgIpc) is 3.02. The molecule has 1 heterocycles. The van der Waals surface area contributed by atoms with Gasteiger partial charge in [-0.25, -0.2) is 0 Å². The minimum atomic E-state index is -3.54. The molecule has 0 bridgehead atoms. The molecule has 1 aromatic heterocycles. The maximum atomic E-state index is 12.3. The first-order valence-corrected chi connectivity index (χ1v) is 7.43. The number of hydrogen-bond acceptors (Lipinski definition) is 3. The summed E-state index contributed by atoms with van der Waals surface area (Å²) in [4.78, 5) is 12.3. The summed E-state index contributed by atoms with van der Waals surface area (Å²) in [6.45, 7) is -4.38.